The predicted molar refractivity (Wildman–Crippen MR) is 56.0 cm³/mol. The Bertz CT molecular complexity index is 128. The molecule has 0 atom stereocenters. The molecule has 70 valence electrons. The summed E-state index contributed by atoms with van der Waals surface area (Å²) >= 11 is 0. The highest BCUT2D eigenvalue weighted by Crippen LogP contribution is 2.14. The molecule has 0 aliphatic rings. The second-order valence-corrected chi connectivity index (χ2v) is 3.38. The minimum absolute atomic E-state index is 0.676. The summed E-state index contributed by atoms with van der Waals surface area (Å²) in [5.41, 5.74) is 0. The van der Waals surface area contributed by atoms with Crippen molar-refractivity contribution in [3.63, 3.8) is 0 Å². The van der Waals surface area contributed by atoms with E-state index < -0.39 is 0 Å². The third-order valence-corrected chi connectivity index (χ3v) is 2.16. The lowest BCUT2D eigenvalue weighted by Gasteiger charge is -2.08. The van der Waals surface area contributed by atoms with Crippen molar-refractivity contribution in [2.45, 2.75) is 59.3 Å². The van der Waals surface area contributed by atoms with Gasteiger partial charge in [0.25, 0.3) is 0 Å². The van der Waals surface area contributed by atoms with Crippen molar-refractivity contribution in [3.05, 3.63) is 0 Å². The Morgan fingerprint density at radius 3 is 1.83 bits per heavy atom. The summed E-state index contributed by atoms with van der Waals surface area (Å²) in [6.07, 6.45) is 7.88. The summed E-state index contributed by atoms with van der Waals surface area (Å²) in [6.45, 7) is 6.44. The molecule has 0 fully saturated rings. The highest BCUT2D eigenvalue weighted by Gasteiger charge is 2.02. The fraction of sp³-hybridized carbons (Fsp3) is 0.833. The zero-order chi connectivity index (χ0) is 9.23. The van der Waals surface area contributed by atoms with Gasteiger partial charge in [0.05, 0.1) is 0 Å². The maximum absolute atomic E-state index is 3.30. The van der Waals surface area contributed by atoms with Crippen LogP contribution in [0.2, 0.25) is 0 Å². The summed E-state index contributed by atoms with van der Waals surface area (Å²) in [5.74, 6) is 7.01. The van der Waals surface area contributed by atoms with E-state index in [-0.39, 0.29) is 0 Å². The third-order valence-electron chi connectivity index (χ3n) is 2.16. The molecule has 0 saturated heterocycles. The monoisotopic (exact) mass is 166 g/mol. The number of rotatable bonds is 6. The zero-order valence-corrected chi connectivity index (χ0v) is 8.82. The maximum atomic E-state index is 3.30. The smallest absolute Gasteiger partial charge is 0.0202 e. The van der Waals surface area contributed by atoms with E-state index in [9.17, 15) is 0 Å². The summed E-state index contributed by atoms with van der Waals surface area (Å²) < 4.78 is 0. The molecule has 0 aromatic heterocycles. The van der Waals surface area contributed by atoms with Gasteiger partial charge in [0.1, 0.15) is 0 Å². The highest BCUT2D eigenvalue weighted by molar-refractivity contribution is 5.00. The standard InChI is InChI=1S/C12H22/c1-4-7-10-12(9-6-3)11-8-5-2/h12H,4-5,7-8,10-11H2,1-3H3. The summed E-state index contributed by atoms with van der Waals surface area (Å²) in [4.78, 5) is 0. The van der Waals surface area contributed by atoms with Crippen LogP contribution in [0.4, 0.5) is 0 Å². The molecule has 12 heavy (non-hydrogen) atoms. The van der Waals surface area contributed by atoms with Gasteiger partial charge in [-0.05, 0) is 19.8 Å². The van der Waals surface area contributed by atoms with Crippen LogP contribution >= 0.6 is 0 Å². The maximum Gasteiger partial charge on any atom is 0.0202 e. The van der Waals surface area contributed by atoms with Gasteiger partial charge in [-0.25, -0.2) is 0 Å². The van der Waals surface area contributed by atoms with Gasteiger partial charge < -0.3 is 0 Å². The van der Waals surface area contributed by atoms with E-state index in [1.54, 1.807) is 0 Å². The molecule has 0 bridgehead atoms. The first-order chi connectivity index (χ1) is 5.85. The van der Waals surface area contributed by atoms with Crippen LogP contribution in [-0.2, 0) is 0 Å². The molecule has 0 nitrogen and oxygen atoms in total. The predicted octanol–water partition coefficient (Wildman–Crippen LogP) is 4.01. The number of unbranched alkanes of at least 4 members (excludes halogenated alkanes) is 2. The van der Waals surface area contributed by atoms with Crippen LogP contribution in [0.1, 0.15) is 59.3 Å². The van der Waals surface area contributed by atoms with Crippen molar-refractivity contribution in [2.75, 3.05) is 0 Å². The molecule has 0 aromatic rings. The van der Waals surface area contributed by atoms with Crippen molar-refractivity contribution in [2.24, 2.45) is 5.92 Å². The molecule has 0 saturated carbocycles. The number of hydrogen-bond donors (Lipinski definition) is 0. The second kappa shape index (κ2) is 8.65. The average molecular weight is 166 g/mol. The first-order valence-electron chi connectivity index (χ1n) is 5.27. The molecule has 0 rings (SSSR count). The Balaban J connectivity index is 3.59. The second-order valence-electron chi connectivity index (χ2n) is 3.38. The zero-order valence-electron chi connectivity index (χ0n) is 8.82. The van der Waals surface area contributed by atoms with Crippen LogP contribution in [0.15, 0.2) is 0 Å². The van der Waals surface area contributed by atoms with Crippen LogP contribution in [-0.4, -0.2) is 0 Å². The Hall–Kier alpha value is -0.440. The molecule has 0 N–H and O–H groups in total. The largest absolute Gasteiger partial charge is 0.106 e. The van der Waals surface area contributed by atoms with Crippen LogP contribution in [0.3, 0.4) is 0 Å². The van der Waals surface area contributed by atoms with E-state index in [1.165, 1.54) is 38.5 Å². The summed E-state index contributed by atoms with van der Waals surface area (Å²) in [7, 11) is 0. The third kappa shape index (κ3) is 6.28. The van der Waals surface area contributed by atoms with Crippen LogP contribution in [0.25, 0.3) is 0 Å². The molecule has 0 radical (unpaired) electrons. The molecule has 0 spiro atoms. The van der Waals surface area contributed by atoms with Gasteiger partial charge in [-0.1, -0.05) is 39.5 Å². The van der Waals surface area contributed by atoms with Crippen LogP contribution in [0.5, 0.6) is 0 Å². The van der Waals surface area contributed by atoms with Crippen LogP contribution < -0.4 is 0 Å². The van der Waals surface area contributed by atoms with Crippen molar-refractivity contribution in [1.82, 2.24) is 0 Å². The van der Waals surface area contributed by atoms with E-state index in [2.05, 4.69) is 25.7 Å². The minimum Gasteiger partial charge on any atom is -0.106 e. The lowest BCUT2D eigenvalue weighted by molar-refractivity contribution is 0.511. The van der Waals surface area contributed by atoms with Crippen molar-refractivity contribution < 1.29 is 0 Å². The van der Waals surface area contributed by atoms with Gasteiger partial charge in [0, 0.05) is 5.92 Å². The Labute approximate surface area is 77.8 Å². The molecule has 0 heterocycles. The van der Waals surface area contributed by atoms with E-state index in [1.807, 2.05) is 6.92 Å². The molecular formula is C12H22. The topological polar surface area (TPSA) is 0 Å². The lowest BCUT2D eigenvalue weighted by Crippen LogP contribution is -1.96. The summed E-state index contributed by atoms with van der Waals surface area (Å²) in [5, 5.41) is 0. The Morgan fingerprint density at radius 2 is 1.50 bits per heavy atom. The average Bonchev–Trinajstić information content (AvgIpc) is 2.10. The fourth-order valence-electron chi connectivity index (χ4n) is 1.39. The quantitative estimate of drug-likeness (QED) is 0.523. The Kier molecular flexibility index (Phi) is 8.34. The number of hydrogen-bond acceptors (Lipinski definition) is 0. The van der Waals surface area contributed by atoms with Gasteiger partial charge in [-0.15, -0.1) is 11.8 Å². The first kappa shape index (κ1) is 11.6. The van der Waals surface area contributed by atoms with Gasteiger partial charge in [0.2, 0.25) is 0 Å². The molecule has 0 aromatic carbocycles. The first-order valence-corrected chi connectivity index (χ1v) is 5.27. The van der Waals surface area contributed by atoms with Gasteiger partial charge in [0.15, 0.2) is 0 Å². The molecule has 0 unspecified atom stereocenters. The molecule has 0 aliphatic carbocycles. The SMILES string of the molecule is CC#CC(CCCC)CCCC. The van der Waals surface area contributed by atoms with E-state index in [0.29, 0.717) is 5.92 Å². The molecule has 0 aliphatic heterocycles. The Morgan fingerprint density at radius 1 is 1.00 bits per heavy atom. The van der Waals surface area contributed by atoms with Crippen molar-refractivity contribution in [3.8, 4) is 11.8 Å². The van der Waals surface area contributed by atoms with Crippen molar-refractivity contribution >= 4 is 0 Å². The van der Waals surface area contributed by atoms with E-state index in [0.717, 1.165) is 0 Å². The normalized spacial score (nSPS) is 9.67. The van der Waals surface area contributed by atoms with Gasteiger partial charge >= 0.3 is 0 Å². The van der Waals surface area contributed by atoms with E-state index in [4.69, 9.17) is 0 Å². The van der Waals surface area contributed by atoms with Gasteiger partial charge in [-0.2, -0.15) is 0 Å². The van der Waals surface area contributed by atoms with E-state index >= 15 is 0 Å². The molecule has 0 amide bonds. The molecule has 0 heteroatoms. The highest BCUT2D eigenvalue weighted by atomic mass is 14.1. The van der Waals surface area contributed by atoms with Gasteiger partial charge in [-0.3, -0.25) is 0 Å². The van der Waals surface area contributed by atoms with Crippen molar-refractivity contribution in [1.29, 1.82) is 0 Å². The fourth-order valence-corrected chi connectivity index (χ4v) is 1.39. The summed E-state index contributed by atoms with van der Waals surface area (Å²) in [6, 6.07) is 0. The van der Waals surface area contributed by atoms with Crippen LogP contribution in [0, 0.1) is 17.8 Å². The molecular weight excluding hydrogens is 144 g/mol. The minimum atomic E-state index is 0.676. The lowest BCUT2D eigenvalue weighted by atomic mass is 9.97.